The molecule has 0 aromatic rings. The average molecular weight is 832 g/mol. The topological polar surface area (TPSA) is 164 Å². The monoisotopic (exact) mass is 832 g/mol. The van der Waals surface area contributed by atoms with Gasteiger partial charge in [0.25, 0.3) is 0 Å². The molecule has 2 N–H and O–H groups in total. The molecule has 0 fully saturated rings. The summed E-state index contributed by atoms with van der Waals surface area (Å²) >= 11 is 0. The molecule has 0 rings (SSSR count). The third-order valence-corrected chi connectivity index (χ3v) is 9.86. The molecule has 57 heavy (non-hydrogen) atoms. The van der Waals surface area contributed by atoms with Gasteiger partial charge in [0.1, 0.15) is 13.2 Å². The SMILES string of the molecule is CCCCCCCC/C=C/CCCCCCCC(=O)OCC(COC(=O)CCCCCCC/C=C/CCCCCCCC)OC(=O)NCCOCCOS(=O)(=O)O. The fourth-order valence-electron chi connectivity index (χ4n) is 6.03. The minimum Gasteiger partial charge on any atom is -0.462 e. The maximum Gasteiger partial charge on any atom is 0.407 e. The first-order valence-corrected chi connectivity index (χ1v) is 23.8. The van der Waals surface area contributed by atoms with E-state index >= 15 is 0 Å². The first kappa shape index (κ1) is 54.5. The fraction of sp³-hybridized carbons (Fsp3) is 0.841. The van der Waals surface area contributed by atoms with Crippen molar-refractivity contribution in [1.29, 1.82) is 0 Å². The predicted molar refractivity (Wildman–Crippen MR) is 227 cm³/mol. The number of carbonyl (C=O) groups is 3. The molecule has 0 bridgehead atoms. The van der Waals surface area contributed by atoms with Gasteiger partial charge in [0, 0.05) is 19.4 Å². The molecular formula is C44H81NO11S. The van der Waals surface area contributed by atoms with Gasteiger partial charge in [-0.05, 0) is 64.2 Å². The van der Waals surface area contributed by atoms with Gasteiger partial charge in [0.2, 0.25) is 0 Å². The molecule has 0 aromatic carbocycles. The standard InChI is InChI=1S/C44H81NO11S/c1-3-5-7-9-11-13-15-17-19-21-23-25-27-29-31-33-42(46)53-39-41(56-44(48)45-35-36-52-37-38-55-57(49,50)51)40-54-43(47)34-32-30-28-26-24-22-20-18-16-14-12-10-8-6-4-2/h17-20,41H,3-16,21-40H2,1-2H3,(H,45,48)(H,49,50,51)/b19-17+,20-18+. The zero-order valence-electron chi connectivity index (χ0n) is 35.9. The molecule has 334 valence electrons. The molecule has 0 aromatic heterocycles. The number of allylic oxidation sites excluding steroid dienone is 4. The Hall–Kier alpha value is -2.48. The van der Waals surface area contributed by atoms with E-state index in [1.54, 1.807) is 0 Å². The second-order valence-electron chi connectivity index (χ2n) is 14.9. The maximum atomic E-state index is 12.5. The van der Waals surface area contributed by atoms with Crippen molar-refractivity contribution in [1.82, 2.24) is 5.32 Å². The number of unbranched alkanes of at least 4 members (excludes halogenated alkanes) is 22. The van der Waals surface area contributed by atoms with E-state index in [2.05, 4.69) is 47.7 Å². The lowest BCUT2D eigenvalue weighted by atomic mass is 10.1. The summed E-state index contributed by atoms with van der Waals surface area (Å²) in [7, 11) is -4.55. The number of nitrogens with one attached hydrogen (secondary N) is 1. The van der Waals surface area contributed by atoms with Gasteiger partial charge in [-0.1, -0.05) is 141 Å². The Bertz CT molecular complexity index is 1060. The number of hydrogen-bond donors (Lipinski definition) is 2. The van der Waals surface area contributed by atoms with Crippen LogP contribution in [0.2, 0.25) is 0 Å². The third-order valence-electron chi connectivity index (χ3n) is 9.40. The number of carbonyl (C=O) groups excluding carboxylic acids is 3. The van der Waals surface area contributed by atoms with Crippen LogP contribution >= 0.6 is 0 Å². The van der Waals surface area contributed by atoms with Gasteiger partial charge in [-0.2, -0.15) is 8.42 Å². The fourth-order valence-corrected chi connectivity index (χ4v) is 6.31. The van der Waals surface area contributed by atoms with Gasteiger partial charge in [-0.25, -0.2) is 8.98 Å². The Morgan fingerprint density at radius 1 is 0.544 bits per heavy atom. The molecule has 0 spiro atoms. The number of esters is 2. The molecule has 13 heteroatoms. The highest BCUT2D eigenvalue weighted by Gasteiger charge is 2.19. The average Bonchev–Trinajstić information content (AvgIpc) is 3.18. The van der Waals surface area contributed by atoms with E-state index in [4.69, 9.17) is 23.5 Å². The Labute approximate surface area is 346 Å². The van der Waals surface area contributed by atoms with Crippen molar-refractivity contribution in [3.8, 4) is 0 Å². The van der Waals surface area contributed by atoms with Gasteiger partial charge < -0.3 is 24.3 Å². The Balaban J connectivity index is 4.35. The molecule has 0 aliphatic heterocycles. The van der Waals surface area contributed by atoms with E-state index in [0.29, 0.717) is 12.8 Å². The van der Waals surface area contributed by atoms with Crippen LogP contribution in [0.25, 0.3) is 0 Å². The number of rotatable bonds is 42. The van der Waals surface area contributed by atoms with E-state index in [1.165, 1.54) is 89.9 Å². The van der Waals surface area contributed by atoms with Crippen molar-refractivity contribution in [2.75, 3.05) is 39.6 Å². The highest BCUT2D eigenvalue weighted by atomic mass is 32.3. The van der Waals surface area contributed by atoms with Crippen molar-refractivity contribution in [2.45, 2.75) is 200 Å². The molecule has 0 radical (unpaired) electrons. The van der Waals surface area contributed by atoms with E-state index in [1.807, 2.05) is 0 Å². The molecule has 0 unspecified atom stereocenters. The van der Waals surface area contributed by atoms with Crippen LogP contribution in [0.15, 0.2) is 24.3 Å². The lowest BCUT2D eigenvalue weighted by Gasteiger charge is -2.18. The summed E-state index contributed by atoms with van der Waals surface area (Å²) in [5, 5.41) is 2.48. The van der Waals surface area contributed by atoms with Crippen molar-refractivity contribution < 1.29 is 50.5 Å². The van der Waals surface area contributed by atoms with Crippen LogP contribution in [0.4, 0.5) is 4.79 Å². The second kappa shape index (κ2) is 41.7. The van der Waals surface area contributed by atoms with Crippen molar-refractivity contribution in [3.05, 3.63) is 24.3 Å². The smallest absolute Gasteiger partial charge is 0.407 e. The zero-order chi connectivity index (χ0) is 41.9. The minimum atomic E-state index is -4.55. The van der Waals surface area contributed by atoms with Crippen molar-refractivity contribution in [3.63, 3.8) is 0 Å². The number of ether oxygens (including phenoxy) is 4. The lowest BCUT2D eigenvalue weighted by Crippen LogP contribution is -2.36. The molecule has 1 amide bonds. The van der Waals surface area contributed by atoms with Gasteiger partial charge in [-0.15, -0.1) is 0 Å². The summed E-state index contributed by atoms with van der Waals surface area (Å²) in [5.74, 6) is -0.802. The summed E-state index contributed by atoms with van der Waals surface area (Å²) in [6.07, 6.45) is 38.1. The first-order valence-electron chi connectivity index (χ1n) is 22.4. The number of alkyl carbamates (subject to hydrolysis) is 1. The van der Waals surface area contributed by atoms with Crippen LogP contribution in [-0.2, 0) is 43.1 Å². The molecular weight excluding hydrogens is 751 g/mol. The highest BCUT2D eigenvalue weighted by molar-refractivity contribution is 7.80. The van der Waals surface area contributed by atoms with Crippen molar-refractivity contribution in [2.24, 2.45) is 0 Å². The second-order valence-corrected chi connectivity index (χ2v) is 15.9. The highest BCUT2D eigenvalue weighted by Crippen LogP contribution is 2.13. The summed E-state index contributed by atoms with van der Waals surface area (Å²) in [5.41, 5.74) is 0. The van der Waals surface area contributed by atoms with E-state index < -0.39 is 34.5 Å². The van der Waals surface area contributed by atoms with E-state index in [-0.39, 0.29) is 52.4 Å². The van der Waals surface area contributed by atoms with Crippen LogP contribution < -0.4 is 5.32 Å². The maximum absolute atomic E-state index is 12.5. The molecule has 0 saturated heterocycles. The largest absolute Gasteiger partial charge is 0.462 e. The van der Waals surface area contributed by atoms with Crippen molar-refractivity contribution >= 4 is 28.4 Å². The molecule has 0 saturated carbocycles. The van der Waals surface area contributed by atoms with Crippen LogP contribution in [0.1, 0.15) is 194 Å². The number of hydrogen-bond acceptors (Lipinski definition) is 10. The summed E-state index contributed by atoms with van der Waals surface area (Å²) < 4.78 is 55.1. The summed E-state index contributed by atoms with van der Waals surface area (Å²) in [6, 6.07) is 0. The van der Waals surface area contributed by atoms with Crippen LogP contribution in [0.5, 0.6) is 0 Å². The van der Waals surface area contributed by atoms with E-state index in [0.717, 1.165) is 64.2 Å². The Kier molecular flexibility index (Phi) is 39.9. The Morgan fingerprint density at radius 3 is 1.33 bits per heavy atom. The van der Waals surface area contributed by atoms with Gasteiger partial charge >= 0.3 is 28.4 Å². The zero-order valence-corrected chi connectivity index (χ0v) is 36.7. The molecule has 0 atom stereocenters. The first-order chi connectivity index (χ1) is 27.7. The van der Waals surface area contributed by atoms with Gasteiger partial charge in [-0.3, -0.25) is 14.1 Å². The van der Waals surface area contributed by atoms with Crippen LogP contribution in [0, 0.1) is 0 Å². The molecule has 0 heterocycles. The molecule has 12 nitrogen and oxygen atoms in total. The molecule has 0 aliphatic carbocycles. The summed E-state index contributed by atoms with van der Waals surface area (Å²) in [6.45, 7) is 3.53. The van der Waals surface area contributed by atoms with Crippen LogP contribution in [-0.4, -0.2) is 76.7 Å². The lowest BCUT2D eigenvalue weighted by molar-refractivity contribution is -0.152. The normalized spacial score (nSPS) is 11.9. The van der Waals surface area contributed by atoms with Crippen LogP contribution in [0.3, 0.4) is 0 Å². The summed E-state index contributed by atoms with van der Waals surface area (Å²) in [4.78, 5) is 37.3. The van der Waals surface area contributed by atoms with E-state index in [9.17, 15) is 22.8 Å². The number of amides is 1. The Morgan fingerprint density at radius 2 is 0.930 bits per heavy atom. The van der Waals surface area contributed by atoms with Gasteiger partial charge in [0.05, 0.1) is 19.8 Å². The third kappa shape index (κ3) is 44.5. The molecule has 0 aliphatic rings. The van der Waals surface area contributed by atoms with Gasteiger partial charge in [0.15, 0.2) is 6.10 Å². The predicted octanol–water partition coefficient (Wildman–Crippen LogP) is 11.1. The quantitative estimate of drug-likeness (QED) is 0.0198. The minimum absolute atomic E-state index is 0.0183.